The minimum Gasteiger partial charge on any atom is -0.361 e. The Balaban J connectivity index is 2.21. The van der Waals surface area contributed by atoms with Crippen LogP contribution in [0.15, 0.2) is 11.5 Å². The van der Waals surface area contributed by atoms with Gasteiger partial charge in [0.05, 0.1) is 5.88 Å². The Bertz CT molecular complexity index is 291. The smallest absolute Gasteiger partial charge is 0.361 e. The summed E-state index contributed by atoms with van der Waals surface area (Å²) in [5.74, 6) is 0.930. The van der Waals surface area contributed by atoms with Gasteiger partial charge in [-0.3, -0.25) is 4.52 Å². The first-order chi connectivity index (χ1) is 6.18. The summed E-state index contributed by atoms with van der Waals surface area (Å²) in [4.78, 5) is 0. The van der Waals surface area contributed by atoms with Crippen molar-refractivity contribution in [3.63, 3.8) is 0 Å². The van der Waals surface area contributed by atoms with E-state index in [0.717, 1.165) is 5.57 Å². The van der Waals surface area contributed by atoms with Crippen LogP contribution < -0.4 is 0 Å². The van der Waals surface area contributed by atoms with Gasteiger partial charge in [0.25, 0.3) is 5.95 Å². The van der Waals surface area contributed by atoms with Crippen molar-refractivity contribution in [2.24, 2.45) is 0 Å². The summed E-state index contributed by atoms with van der Waals surface area (Å²) >= 11 is 11.2. The lowest BCUT2D eigenvalue weighted by Gasteiger charge is -2.38. The van der Waals surface area contributed by atoms with Crippen LogP contribution >= 0.6 is 31.0 Å². The van der Waals surface area contributed by atoms with Crippen molar-refractivity contribution in [1.29, 1.82) is 0 Å². The van der Waals surface area contributed by atoms with Crippen molar-refractivity contribution in [3.05, 3.63) is 11.5 Å². The summed E-state index contributed by atoms with van der Waals surface area (Å²) < 4.78 is 25.9. The van der Waals surface area contributed by atoms with Gasteiger partial charge < -0.3 is 9.05 Å². The third kappa shape index (κ3) is 1.57. The van der Waals surface area contributed by atoms with E-state index in [1.165, 1.54) is 0 Å². The second-order valence-electron chi connectivity index (χ2n) is 2.63. The predicted octanol–water partition coefficient (Wildman–Crippen LogP) is 2.62. The molecule has 3 aliphatic rings. The van der Waals surface area contributed by atoms with Crippen molar-refractivity contribution < 1.29 is 18.1 Å². The Morgan fingerprint density at radius 2 is 2.08 bits per heavy atom. The van der Waals surface area contributed by atoms with Crippen LogP contribution in [0.25, 0.3) is 0 Å². The maximum atomic E-state index is 11.2. The van der Waals surface area contributed by atoms with Gasteiger partial charge in [-0.15, -0.1) is 23.2 Å². The maximum absolute atomic E-state index is 11.2. The molecule has 0 radical (unpaired) electrons. The van der Waals surface area contributed by atoms with Crippen molar-refractivity contribution in [2.75, 3.05) is 11.8 Å². The van der Waals surface area contributed by atoms with Gasteiger partial charge in [-0.05, 0) is 6.42 Å². The number of phosphoric acid groups is 1. The molecule has 0 aromatic carbocycles. The first-order valence-corrected chi connectivity index (χ1v) is 6.24. The van der Waals surface area contributed by atoms with Gasteiger partial charge in [-0.1, -0.05) is 0 Å². The maximum Gasteiger partial charge on any atom is 0.592 e. The number of halogens is 2. The minimum absolute atomic E-state index is 0.229. The van der Waals surface area contributed by atoms with E-state index >= 15 is 0 Å². The van der Waals surface area contributed by atoms with Gasteiger partial charge >= 0.3 is 7.82 Å². The molecule has 7 heteroatoms. The van der Waals surface area contributed by atoms with E-state index in [0.29, 0.717) is 12.3 Å². The van der Waals surface area contributed by atoms with Crippen LogP contribution in [0.3, 0.4) is 0 Å². The van der Waals surface area contributed by atoms with E-state index in [1.807, 2.05) is 0 Å². The Hall–Kier alpha value is 0.110. The van der Waals surface area contributed by atoms with Crippen molar-refractivity contribution in [1.82, 2.24) is 0 Å². The molecule has 3 heterocycles. The van der Waals surface area contributed by atoms with Gasteiger partial charge in [0.15, 0.2) is 0 Å². The molecule has 0 amide bonds. The molecular formula is C6H7Cl2O4P. The Kier molecular flexibility index (Phi) is 2.49. The summed E-state index contributed by atoms with van der Waals surface area (Å²) in [5, 5.41) is 0. The quantitative estimate of drug-likeness (QED) is 0.566. The molecule has 0 N–H and O–H groups in total. The van der Waals surface area contributed by atoms with Crippen LogP contribution in [0.2, 0.25) is 0 Å². The molecule has 0 spiro atoms. The summed E-state index contributed by atoms with van der Waals surface area (Å²) in [5.41, 5.74) is 0.753. The molecule has 74 valence electrons. The number of hydrogen-bond acceptors (Lipinski definition) is 4. The standard InChI is InChI=1S/C6H7Cl2O4P/c7-2-1-4-5(3-8)10-13(9)11-6(4)12-13/h5H,1-3H2. The monoisotopic (exact) mass is 244 g/mol. The largest absolute Gasteiger partial charge is 0.592 e. The van der Waals surface area contributed by atoms with Crippen LogP contribution in [0.5, 0.6) is 0 Å². The first kappa shape index (κ1) is 9.66. The van der Waals surface area contributed by atoms with Crippen LogP contribution in [-0.4, -0.2) is 17.9 Å². The van der Waals surface area contributed by atoms with Gasteiger partial charge in [-0.25, -0.2) is 4.57 Å². The fourth-order valence-corrected chi connectivity index (χ4v) is 3.00. The van der Waals surface area contributed by atoms with Crippen LogP contribution in [-0.2, 0) is 18.1 Å². The zero-order chi connectivity index (χ0) is 9.47. The van der Waals surface area contributed by atoms with E-state index in [2.05, 4.69) is 0 Å². The summed E-state index contributed by atoms with van der Waals surface area (Å²) in [6.07, 6.45) is 0.178. The lowest BCUT2D eigenvalue weighted by Crippen LogP contribution is -2.31. The van der Waals surface area contributed by atoms with Crippen LogP contribution in [0, 0.1) is 0 Å². The highest BCUT2D eigenvalue weighted by molar-refractivity contribution is 7.50. The van der Waals surface area contributed by atoms with Gasteiger partial charge in [0.1, 0.15) is 6.10 Å². The van der Waals surface area contributed by atoms with Crippen molar-refractivity contribution in [2.45, 2.75) is 12.5 Å². The van der Waals surface area contributed by atoms with E-state index in [-0.39, 0.29) is 17.9 Å². The average Bonchev–Trinajstić information content (AvgIpc) is 2.06. The summed E-state index contributed by atoms with van der Waals surface area (Å²) in [6, 6.07) is 0. The first-order valence-electron chi connectivity index (χ1n) is 3.71. The molecule has 1 saturated heterocycles. The van der Waals surface area contributed by atoms with Crippen LogP contribution in [0.4, 0.5) is 0 Å². The second kappa shape index (κ2) is 3.35. The number of fused-ring (bicyclic) bond motifs is 2. The number of hydrogen-bond donors (Lipinski definition) is 0. The van der Waals surface area contributed by atoms with Gasteiger partial charge in [-0.2, -0.15) is 0 Å². The second-order valence-corrected chi connectivity index (χ2v) is 4.79. The van der Waals surface area contributed by atoms with E-state index < -0.39 is 7.82 Å². The average molecular weight is 245 g/mol. The Morgan fingerprint density at radius 3 is 2.62 bits per heavy atom. The van der Waals surface area contributed by atoms with Crippen LogP contribution in [0.1, 0.15) is 6.42 Å². The normalized spacial score (nSPS) is 36.3. The lowest BCUT2D eigenvalue weighted by atomic mass is 10.1. The molecule has 0 aliphatic carbocycles. The molecule has 0 saturated carbocycles. The zero-order valence-electron chi connectivity index (χ0n) is 6.53. The third-order valence-corrected chi connectivity index (χ3v) is 3.56. The molecule has 0 aromatic heterocycles. The summed E-state index contributed by atoms with van der Waals surface area (Å²) in [7, 11) is -3.26. The van der Waals surface area contributed by atoms with E-state index in [4.69, 9.17) is 36.8 Å². The zero-order valence-corrected chi connectivity index (χ0v) is 8.94. The Labute approximate surface area is 85.4 Å². The number of phosphoric ester groups is 1. The molecule has 0 aromatic rings. The number of rotatable bonds is 3. The highest BCUT2D eigenvalue weighted by Gasteiger charge is 2.53. The summed E-state index contributed by atoms with van der Waals surface area (Å²) in [6.45, 7) is 0. The third-order valence-electron chi connectivity index (χ3n) is 1.80. The van der Waals surface area contributed by atoms with Crippen molar-refractivity contribution in [3.8, 4) is 0 Å². The molecular weight excluding hydrogens is 238 g/mol. The highest BCUT2D eigenvalue weighted by atomic mass is 35.5. The fourth-order valence-electron chi connectivity index (χ4n) is 1.21. The predicted molar refractivity (Wildman–Crippen MR) is 47.7 cm³/mol. The topological polar surface area (TPSA) is 44.8 Å². The fraction of sp³-hybridized carbons (Fsp3) is 0.667. The molecule has 1 unspecified atom stereocenters. The molecule has 2 bridgehead atoms. The number of alkyl halides is 2. The molecule has 4 nitrogen and oxygen atoms in total. The molecule has 1 atom stereocenters. The van der Waals surface area contributed by atoms with Gasteiger partial charge in [0.2, 0.25) is 0 Å². The SMILES string of the molecule is O=P12OC(=C(CCCl)C(CCl)O1)O2. The lowest BCUT2D eigenvalue weighted by molar-refractivity contribution is -0.00877. The van der Waals surface area contributed by atoms with E-state index in [9.17, 15) is 4.57 Å². The molecule has 1 fully saturated rings. The van der Waals surface area contributed by atoms with Crippen molar-refractivity contribution >= 4 is 31.0 Å². The minimum atomic E-state index is -3.26. The highest BCUT2D eigenvalue weighted by Crippen LogP contribution is 2.67. The molecule has 13 heavy (non-hydrogen) atoms. The Morgan fingerprint density at radius 1 is 1.38 bits per heavy atom. The van der Waals surface area contributed by atoms with E-state index in [1.54, 1.807) is 0 Å². The molecule has 3 rings (SSSR count). The molecule has 3 aliphatic heterocycles. The van der Waals surface area contributed by atoms with Gasteiger partial charge in [0, 0.05) is 11.5 Å².